The SMILES string of the molecule is O=C/C=C/NCC(=O)c1ccccc1. The lowest BCUT2D eigenvalue weighted by Gasteiger charge is -1.99. The summed E-state index contributed by atoms with van der Waals surface area (Å²) in [4.78, 5) is 21.3. The molecule has 0 saturated carbocycles. The minimum absolute atomic E-state index is 0.00106. The number of aldehydes is 1. The molecule has 72 valence electrons. The first-order valence-corrected chi connectivity index (χ1v) is 4.26. The van der Waals surface area contributed by atoms with E-state index in [1.54, 1.807) is 12.1 Å². The predicted molar refractivity (Wildman–Crippen MR) is 54.0 cm³/mol. The quantitative estimate of drug-likeness (QED) is 0.429. The van der Waals surface area contributed by atoms with Gasteiger partial charge in [0.15, 0.2) is 5.78 Å². The Morgan fingerprint density at radius 2 is 2.00 bits per heavy atom. The van der Waals surface area contributed by atoms with Gasteiger partial charge in [-0.05, 0) is 6.08 Å². The normalized spacial score (nSPS) is 10.0. The summed E-state index contributed by atoms with van der Waals surface area (Å²) in [7, 11) is 0. The largest absolute Gasteiger partial charge is 0.383 e. The van der Waals surface area contributed by atoms with Gasteiger partial charge in [0.1, 0.15) is 6.29 Å². The fourth-order valence-corrected chi connectivity index (χ4v) is 0.985. The van der Waals surface area contributed by atoms with E-state index in [1.807, 2.05) is 18.2 Å². The maximum Gasteiger partial charge on any atom is 0.181 e. The number of nitrogens with one attached hydrogen (secondary N) is 1. The zero-order valence-electron chi connectivity index (χ0n) is 7.64. The fourth-order valence-electron chi connectivity index (χ4n) is 0.985. The summed E-state index contributed by atoms with van der Waals surface area (Å²) >= 11 is 0. The molecule has 0 unspecified atom stereocenters. The minimum atomic E-state index is 0.00106. The second-order valence-electron chi connectivity index (χ2n) is 2.67. The molecule has 14 heavy (non-hydrogen) atoms. The third-order valence-corrected chi connectivity index (χ3v) is 1.65. The van der Waals surface area contributed by atoms with Crippen LogP contribution in [-0.2, 0) is 4.79 Å². The summed E-state index contributed by atoms with van der Waals surface area (Å²) < 4.78 is 0. The van der Waals surface area contributed by atoms with Crippen LogP contribution < -0.4 is 5.32 Å². The lowest BCUT2D eigenvalue weighted by Crippen LogP contribution is -2.17. The average molecular weight is 189 g/mol. The third-order valence-electron chi connectivity index (χ3n) is 1.65. The van der Waals surface area contributed by atoms with Crippen LogP contribution in [0.2, 0.25) is 0 Å². The monoisotopic (exact) mass is 189 g/mol. The second-order valence-corrected chi connectivity index (χ2v) is 2.67. The molecule has 0 amide bonds. The molecule has 0 aliphatic heterocycles. The molecule has 3 nitrogen and oxygen atoms in total. The van der Waals surface area contributed by atoms with Gasteiger partial charge in [-0.1, -0.05) is 30.3 Å². The molecule has 1 rings (SSSR count). The van der Waals surface area contributed by atoms with Crippen molar-refractivity contribution in [3.8, 4) is 0 Å². The van der Waals surface area contributed by atoms with Crippen molar-refractivity contribution in [1.82, 2.24) is 5.32 Å². The van der Waals surface area contributed by atoms with Crippen molar-refractivity contribution >= 4 is 12.1 Å². The molecular weight excluding hydrogens is 178 g/mol. The Hall–Kier alpha value is -1.90. The Morgan fingerprint density at radius 1 is 1.29 bits per heavy atom. The molecule has 0 radical (unpaired) electrons. The molecule has 0 saturated heterocycles. The highest BCUT2D eigenvalue weighted by atomic mass is 16.1. The second kappa shape index (κ2) is 5.70. The molecule has 0 spiro atoms. The minimum Gasteiger partial charge on any atom is -0.383 e. The molecule has 1 N–H and O–H groups in total. The lowest BCUT2D eigenvalue weighted by atomic mass is 10.1. The molecule has 1 aromatic rings. The van der Waals surface area contributed by atoms with E-state index < -0.39 is 0 Å². The molecule has 0 heterocycles. The van der Waals surface area contributed by atoms with E-state index in [0.717, 1.165) is 0 Å². The molecule has 0 fully saturated rings. The average Bonchev–Trinajstić information content (AvgIpc) is 2.25. The van der Waals surface area contributed by atoms with E-state index in [9.17, 15) is 9.59 Å². The highest BCUT2D eigenvalue weighted by Gasteiger charge is 2.01. The van der Waals surface area contributed by atoms with Crippen LogP contribution in [0, 0.1) is 0 Å². The molecule has 0 atom stereocenters. The van der Waals surface area contributed by atoms with Gasteiger partial charge in [-0.3, -0.25) is 9.59 Å². The maximum absolute atomic E-state index is 11.4. The van der Waals surface area contributed by atoms with Gasteiger partial charge < -0.3 is 5.32 Å². The highest BCUT2D eigenvalue weighted by Crippen LogP contribution is 1.98. The number of benzene rings is 1. The topological polar surface area (TPSA) is 46.2 Å². The van der Waals surface area contributed by atoms with Crippen molar-refractivity contribution in [1.29, 1.82) is 0 Å². The van der Waals surface area contributed by atoms with Crippen molar-refractivity contribution in [3.05, 3.63) is 48.2 Å². The summed E-state index contributed by atoms with van der Waals surface area (Å²) in [6, 6.07) is 9.00. The Kier molecular flexibility index (Phi) is 4.14. The number of rotatable bonds is 5. The van der Waals surface area contributed by atoms with Crippen LogP contribution in [0.5, 0.6) is 0 Å². The third kappa shape index (κ3) is 3.23. The predicted octanol–water partition coefficient (Wildman–Crippen LogP) is 1.17. The van der Waals surface area contributed by atoms with Crippen molar-refractivity contribution < 1.29 is 9.59 Å². The van der Waals surface area contributed by atoms with Gasteiger partial charge in [-0.25, -0.2) is 0 Å². The first kappa shape index (κ1) is 10.2. The number of carbonyl (C=O) groups is 2. The number of carbonyl (C=O) groups excluding carboxylic acids is 2. The molecular formula is C11H11NO2. The van der Waals surface area contributed by atoms with E-state index in [2.05, 4.69) is 5.32 Å². The van der Waals surface area contributed by atoms with Crippen molar-refractivity contribution in [2.45, 2.75) is 0 Å². The van der Waals surface area contributed by atoms with Gasteiger partial charge in [0.25, 0.3) is 0 Å². The van der Waals surface area contributed by atoms with Crippen LogP contribution in [-0.4, -0.2) is 18.6 Å². The zero-order chi connectivity index (χ0) is 10.2. The highest BCUT2D eigenvalue weighted by molar-refractivity contribution is 5.97. The summed E-state index contributed by atoms with van der Waals surface area (Å²) in [5, 5.41) is 2.72. The van der Waals surface area contributed by atoms with E-state index in [1.165, 1.54) is 12.3 Å². The van der Waals surface area contributed by atoms with Crippen molar-refractivity contribution in [2.24, 2.45) is 0 Å². The van der Waals surface area contributed by atoms with Gasteiger partial charge in [-0.2, -0.15) is 0 Å². The number of Topliss-reactive ketones (excluding diaryl/α,β-unsaturated/α-hetero) is 1. The van der Waals surface area contributed by atoms with Crippen LogP contribution in [0.15, 0.2) is 42.6 Å². The van der Waals surface area contributed by atoms with E-state index in [4.69, 9.17) is 0 Å². The fraction of sp³-hybridized carbons (Fsp3) is 0.0909. The Balaban J connectivity index is 2.43. The first-order chi connectivity index (χ1) is 6.84. The van der Waals surface area contributed by atoms with E-state index in [0.29, 0.717) is 11.8 Å². The van der Waals surface area contributed by atoms with Crippen LogP contribution in [0.25, 0.3) is 0 Å². The zero-order valence-corrected chi connectivity index (χ0v) is 7.64. The standard InChI is InChI=1S/C11H11NO2/c13-8-4-7-12-9-11(14)10-5-2-1-3-6-10/h1-8,12H,9H2/b7-4+. The molecule has 0 aromatic heterocycles. The van der Waals surface area contributed by atoms with Crippen LogP contribution in [0.3, 0.4) is 0 Å². The number of hydrogen-bond donors (Lipinski definition) is 1. The lowest BCUT2D eigenvalue weighted by molar-refractivity contribution is -0.104. The van der Waals surface area contributed by atoms with E-state index in [-0.39, 0.29) is 12.3 Å². The summed E-state index contributed by atoms with van der Waals surface area (Å²) in [5.74, 6) is 0.00106. The summed E-state index contributed by atoms with van der Waals surface area (Å²) in [6.07, 6.45) is 3.41. The van der Waals surface area contributed by atoms with Gasteiger partial charge >= 0.3 is 0 Å². The van der Waals surface area contributed by atoms with Gasteiger partial charge in [0.05, 0.1) is 6.54 Å². The smallest absolute Gasteiger partial charge is 0.181 e. The number of allylic oxidation sites excluding steroid dienone is 1. The maximum atomic E-state index is 11.4. The Labute approximate surface area is 82.4 Å². The summed E-state index contributed by atoms with van der Waals surface area (Å²) in [6.45, 7) is 0.203. The summed E-state index contributed by atoms with van der Waals surface area (Å²) in [5.41, 5.74) is 0.666. The van der Waals surface area contributed by atoms with Gasteiger partial charge in [0, 0.05) is 11.8 Å². The molecule has 1 aromatic carbocycles. The van der Waals surface area contributed by atoms with Crippen molar-refractivity contribution in [3.63, 3.8) is 0 Å². The first-order valence-electron chi connectivity index (χ1n) is 4.26. The van der Waals surface area contributed by atoms with E-state index >= 15 is 0 Å². The molecule has 0 aliphatic rings. The Bertz CT molecular complexity index is 330. The number of ketones is 1. The Morgan fingerprint density at radius 3 is 2.64 bits per heavy atom. The van der Waals surface area contributed by atoms with Gasteiger partial charge in [-0.15, -0.1) is 0 Å². The number of hydrogen-bond acceptors (Lipinski definition) is 3. The van der Waals surface area contributed by atoms with Crippen LogP contribution in [0.4, 0.5) is 0 Å². The molecule has 0 bridgehead atoms. The van der Waals surface area contributed by atoms with Crippen molar-refractivity contribution in [2.75, 3.05) is 6.54 Å². The molecule has 3 heteroatoms. The molecule has 0 aliphatic carbocycles. The van der Waals surface area contributed by atoms with Crippen LogP contribution in [0.1, 0.15) is 10.4 Å². The van der Waals surface area contributed by atoms with Crippen LogP contribution >= 0.6 is 0 Å². The van der Waals surface area contributed by atoms with Gasteiger partial charge in [0.2, 0.25) is 0 Å².